The maximum Gasteiger partial charge on any atom is 0.253 e. The largest absolute Gasteiger partial charge is 0.340 e. The summed E-state index contributed by atoms with van der Waals surface area (Å²) in [5.74, 6) is -0.177. The van der Waals surface area contributed by atoms with Gasteiger partial charge in [-0.1, -0.05) is 44.0 Å². The number of rotatable bonds is 6. The van der Waals surface area contributed by atoms with Crippen LogP contribution in [0.4, 0.5) is 10.1 Å². The van der Waals surface area contributed by atoms with Crippen LogP contribution >= 0.6 is 11.6 Å². The molecule has 1 aliphatic rings. The lowest BCUT2D eigenvalue weighted by Crippen LogP contribution is -2.47. The van der Waals surface area contributed by atoms with Crippen molar-refractivity contribution in [1.29, 1.82) is 0 Å². The Balaban J connectivity index is 1.55. The third-order valence-corrected chi connectivity index (χ3v) is 6.27. The summed E-state index contributed by atoms with van der Waals surface area (Å²) in [7, 11) is 0. The van der Waals surface area contributed by atoms with E-state index in [1.165, 1.54) is 12.1 Å². The molecule has 9 heteroatoms. The average molecular weight is 484 g/mol. The number of nitrogens with one attached hydrogen (secondary N) is 2. The number of carbonyl (C=O) groups excluding carboxylic acids is 2. The number of hydrogen-bond acceptors (Lipinski definition) is 4. The summed E-state index contributed by atoms with van der Waals surface area (Å²) >= 11 is 6.12. The first kappa shape index (κ1) is 23.9. The van der Waals surface area contributed by atoms with E-state index in [0.29, 0.717) is 22.1 Å². The molecule has 2 heterocycles. The van der Waals surface area contributed by atoms with Crippen molar-refractivity contribution in [2.75, 3.05) is 5.32 Å². The summed E-state index contributed by atoms with van der Waals surface area (Å²) in [6, 6.07) is 10.2. The quantitative estimate of drug-likeness (QED) is 0.524. The van der Waals surface area contributed by atoms with Crippen molar-refractivity contribution in [2.45, 2.75) is 52.1 Å². The summed E-state index contributed by atoms with van der Waals surface area (Å²) in [5, 5.41) is 14.3. The first-order valence-electron chi connectivity index (χ1n) is 11.4. The summed E-state index contributed by atoms with van der Waals surface area (Å²) in [4.78, 5) is 25.8. The summed E-state index contributed by atoms with van der Waals surface area (Å²) in [6.07, 6.45) is 3.93. The van der Waals surface area contributed by atoms with Crippen LogP contribution in [-0.2, 0) is 17.8 Å². The van der Waals surface area contributed by atoms with Crippen molar-refractivity contribution in [3.05, 3.63) is 64.7 Å². The van der Waals surface area contributed by atoms with Crippen LogP contribution in [0.1, 0.15) is 49.3 Å². The second-order valence-electron chi connectivity index (χ2n) is 8.76. The minimum absolute atomic E-state index is 0.196. The minimum atomic E-state index is -0.818. The van der Waals surface area contributed by atoms with Gasteiger partial charge in [0.05, 0.1) is 16.1 Å². The molecular weight excluding hydrogens is 457 g/mol. The van der Waals surface area contributed by atoms with E-state index in [4.69, 9.17) is 11.6 Å². The van der Waals surface area contributed by atoms with Crippen molar-refractivity contribution in [1.82, 2.24) is 20.1 Å². The standard InChI is InChI=1S/C25H27ClFN5O2/c1-15(2)22(29-24(33)17-8-5-6-9-19(17)26)25(34)28-16-11-12-20(27)18(14-16)23-31-30-21-10-4-3-7-13-32(21)23/h5-6,8-9,11-12,14-15,22H,3-4,7,10,13H2,1-2H3,(H,28,34)(H,29,33). The molecule has 0 saturated carbocycles. The maximum atomic E-state index is 14.8. The first-order valence-corrected chi connectivity index (χ1v) is 11.8. The third kappa shape index (κ3) is 5.12. The highest BCUT2D eigenvalue weighted by Gasteiger charge is 2.26. The van der Waals surface area contributed by atoms with E-state index in [9.17, 15) is 14.0 Å². The van der Waals surface area contributed by atoms with Crippen LogP contribution in [0.5, 0.6) is 0 Å². The number of nitrogens with zero attached hydrogens (tertiary/aromatic N) is 3. The fourth-order valence-electron chi connectivity index (χ4n) is 4.08. The molecule has 0 saturated heterocycles. The van der Waals surface area contributed by atoms with Gasteiger partial charge in [-0.25, -0.2) is 4.39 Å². The summed E-state index contributed by atoms with van der Waals surface area (Å²) in [5.41, 5.74) is 0.976. The number of anilines is 1. The number of fused-ring (bicyclic) bond motifs is 1. The van der Waals surface area contributed by atoms with Crippen LogP contribution in [-0.4, -0.2) is 32.6 Å². The average Bonchev–Trinajstić information content (AvgIpc) is 3.06. The van der Waals surface area contributed by atoms with Crippen LogP contribution in [0.2, 0.25) is 5.02 Å². The Morgan fingerprint density at radius 3 is 2.65 bits per heavy atom. The number of carbonyl (C=O) groups is 2. The van der Waals surface area contributed by atoms with E-state index in [-0.39, 0.29) is 11.5 Å². The molecule has 2 amide bonds. The summed E-state index contributed by atoms with van der Waals surface area (Å²) < 4.78 is 16.7. The third-order valence-electron chi connectivity index (χ3n) is 5.94. The predicted molar refractivity (Wildman–Crippen MR) is 129 cm³/mol. The van der Waals surface area contributed by atoms with Gasteiger partial charge in [0.15, 0.2) is 5.82 Å². The minimum Gasteiger partial charge on any atom is -0.340 e. The van der Waals surface area contributed by atoms with Gasteiger partial charge in [0, 0.05) is 18.7 Å². The van der Waals surface area contributed by atoms with E-state index in [1.807, 2.05) is 18.4 Å². The number of halogens is 2. The van der Waals surface area contributed by atoms with E-state index in [0.717, 1.165) is 38.1 Å². The molecule has 1 aliphatic heterocycles. The Labute approximate surface area is 202 Å². The number of aromatic nitrogens is 3. The molecule has 0 bridgehead atoms. The molecular formula is C25H27ClFN5O2. The lowest BCUT2D eigenvalue weighted by Gasteiger charge is -2.22. The second-order valence-corrected chi connectivity index (χ2v) is 9.17. The molecule has 1 unspecified atom stereocenters. The van der Waals surface area contributed by atoms with Gasteiger partial charge in [0.2, 0.25) is 5.91 Å². The van der Waals surface area contributed by atoms with E-state index in [1.54, 1.807) is 30.3 Å². The SMILES string of the molecule is CC(C)C(NC(=O)c1ccccc1Cl)C(=O)Nc1ccc(F)c(-c2nnc3n2CCCCC3)c1. The Kier molecular flexibility index (Phi) is 7.26. The molecule has 2 aromatic carbocycles. The van der Waals surface area contributed by atoms with Gasteiger partial charge in [-0.05, 0) is 49.1 Å². The van der Waals surface area contributed by atoms with Crippen LogP contribution in [0.15, 0.2) is 42.5 Å². The van der Waals surface area contributed by atoms with Crippen molar-refractivity contribution in [3.8, 4) is 11.4 Å². The van der Waals surface area contributed by atoms with Crippen molar-refractivity contribution in [2.24, 2.45) is 5.92 Å². The van der Waals surface area contributed by atoms with Gasteiger partial charge in [-0.15, -0.1) is 10.2 Å². The highest BCUT2D eigenvalue weighted by atomic mass is 35.5. The lowest BCUT2D eigenvalue weighted by molar-refractivity contribution is -0.118. The molecule has 178 valence electrons. The normalized spacial score (nSPS) is 14.3. The summed E-state index contributed by atoms with van der Waals surface area (Å²) in [6.45, 7) is 4.40. The number of benzene rings is 2. The van der Waals surface area contributed by atoms with Crippen LogP contribution in [0.3, 0.4) is 0 Å². The van der Waals surface area contributed by atoms with Crippen molar-refractivity contribution >= 4 is 29.1 Å². The van der Waals surface area contributed by atoms with Crippen molar-refractivity contribution in [3.63, 3.8) is 0 Å². The van der Waals surface area contributed by atoms with Gasteiger partial charge in [0.25, 0.3) is 5.91 Å². The fraction of sp³-hybridized carbons (Fsp3) is 0.360. The monoisotopic (exact) mass is 483 g/mol. The molecule has 7 nitrogen and oxygen atoms in total. The van der Waals surface area contributed by atoms with Crippen molar-refractivity contribution < 1.29 is 14.0 Å². The van der Waals surface area contributed by atoms with Crippen LogP contribution in [0.25, 0.3) is 11.4 Å². The Morgan fingerprint density at radius 2 is 1.88 bits per heavy atom. The Bertz CT molecular complexity index is 1210. The maximum absolute atomic E-state index is 14.8. The van der Waals surface area contributed by atoms with Gasteiger partial charge < -0.3 is 15.2 Å². The smallest absolute Gasteiger partial charge is 0.253 e. The number of aryl methyl sites for hydroxylation is 1. The van der Waals surface area contributed by atoms with E-state index in [2.05, 4.69) is 20.8 Å². The highest BCUT2D eigenvalue weighted by molar-refractivity contribution is 6.33. The molecule has 3 aromatic rings. The van der Waals surface area contributed by atoms with E-state index < -0.39 is 23.7 Å². The van der Waals surface area contributed by atoms with E-state index >= 15 is 0 Å². The molecule has 0 radical (unpaired) electrons. The number of hydrogen-bond donors (Lipinski definition) is 2. The van der Waals surface area contributed by atoms with Gasteiger partial charge in [-0.3, -0.25) is 9.59 Å². The zero-order valence-electron chi connectivity index (χ0n) is 19.1. The second kappa shape index (κ2) is 10.3. The van der Waals surface area contributed by atoms with Crippen LogP contribution in [0, 0.1) is 11.7 Å². The lowest BCUT2D eigenvalue weighted by atomic mass is 10.0. The topological polar surface area (TPSA) is 88.9 Å². The zero-order chi connectivity index (χ0) is 24.2. The van der Waals surface area contributed by atoms with Gasteiger partial charge >= 0.3 is 0 Å². The Morgan fingerprint density at radius 1 is 1.09 bits per heavy atom. The molecule has 1 aromatic heterocycles. The molecule has 2 N–H and O–H groups in total. The predicted octanol–water partition coefficient (Wildman–Crippen LogP) is 4.86. The molecule has 0 aliphatic carbocycles. The van der Waals surface area contributed by atoms with Crippen LogP contribution < -0.4 is 10.6 Å². The zero-order valence-corrected chi connectivity index (χ0v) is 19.9. The van der Waals surface area contributed by atoms with Gasteiger partial charge in [0.1, 0.15) is 17.7 Å². The Hall–Kier alpha value is -3.26. The fourth-order valence-corrected chi connectivity index (χ4v) is 4.30. The molecule has 0 spiro atoms. The first-order chi connectivity index (χ1) is 16.3. The molecule has 0 fully saturated rings. The molecule has 34 heavy (non-hydrogen) atoms. The number of amides is 2. The van der Waals surface area contributed by atoms with Gasteiger partial charge in [-0.2, -0.15) is 0 Å². The molecule has 4 rings (SSSR count). The molecule has 1 atom stereocenters. The highest BCUT2D eigenvalue weighted by Crippen LogP contribution is 2.28.